The van der Waals surface area contributed by atoms with E-state index >= 15 is 0 Å². The highest BCUT2D eigenvalue weighted by atomic mass is 16.7. The van der Waals surface area contributed by atoms with Crippen molar-refractivity contribution in [3.63, 3.8) is 0 Å². The minimum absolute atomic E-state index is 0.0853. The Morgan fingerprint density at radius 1 is 1.33 bits per heavy atom. The maximum Gasteiger partial charge on any atom is 0.286 e. The average molecular weight is 337 g/mol. The van der Waals surface area contributed by atoms with Crippen LogP contribution in [0, 0.1) is 17.8 Å². The summed E-state index contributed by atoms with van der Waals surface area (Å²) in [6.45, 7) is 2.70. The standard InChI is InChI=1S/C19H31NO4/c1-2-23-19-15(8-5-11-21)16(13-9-10-13)12-17(24-19)18(22)20-14-6-3-4-7-14/h12-16,19,21H,2-11H2,1H3,(H,20,22)/t15-,16+,19+/m1/s1. The lowest BCUT2D eigenvalue weighted by Gasteiger charge is -2.37. The molecule has 0 aromatic carbocycles. The number of carbonyl (C=O) groups excluding carboxylic acids is 1. The second-order valence-electron chi connectivity index (χ2n) is 7.37. The monoisotopic (exact) mass is 337 g/mol. The quantitative estimate of drug-likeness (QED) is 0.715. The lowest BCUT2D eigenvalue weighted by atomic mass is 9.82. The molecule has 0 bridgehead atoms. The molecule has 136 valence electrons. The van der Waals surface area contributed by atoms with Gasteiger partial charge in [-0.1, -0.05) is 12.8 Å². The number of ether oxygens (including phenoxy) is 2. The fourth-order valence-electron chi connectivity index (χ4n) is 4.13. The van der Waals surface area contributed by atoms with Crippen molar-refractivity contribution in [1.82, 2.24) is 5.32 Å². The molecule has 0 unspecified atom stereocenters. The molecule has 0 saturated heterocycles. The highest BCUT2D eigenvalue weighted by Crippen LogP contribution is 2.47. The molecular formula is C19H31NO4. The number of carbonyl (C=O) groups is 1. The second-order valence-corrected chi connectivity index (χ2v) is 7.37. The number of nitrogens with one attached hydrogen (secondary N) is 1. The van der Waals surface area contributed by atoms with Gasteiger partial charge in [0.05, 0.1) is 0 Å². The molecule has 0 aromatic rings. The number of aliphatic hydroxyl groups excluding tert-OH is 1. The Hall–Kier alpha value is -1.07. The van der Waals surface area contributed by atoms with Gasteiger partial charge in [0.15, 0.2) is 5.76 Å². The fourth-order valence-corrected chi connectivity index (χ4v) is 4.13. The first-order chi connectivity index (χ1) is 11.7. The minimum Gasteiger partial charge on any atom is -0.459 e. The molecule has 5 heteroatoms. The van der Waals surface area contributed by atoms with Gasteiger partial charge in [0.1, 0.15) is 0 Å². The van der Waals surface area contributed by atoms with Crippen molar-refractivity contribution >= 4 is 5.91 Å². The Balaban J connectivity index is 1.71. The van der Waals surface area contributed by atoms with E-state index < -0.39 is 0 Å². The Morgan fingerprint density at radius 3 is 2.71 bits per heavy atom. The lowest BCUT2D eigenvalue weighted by Crippen LogP contribution is -2.42. The first kappa shape index (κ1) is 17.7. The molecule has 1 heterocycles. The van der Waals surface area contributed by atoms with Gasteiger partial charge in [-0.25, -0.2) is 0 Å². The maximum atomic E-state index is 12.6. The molecule has 1 amide bonds. The number of allylic oxidation sites excluding steroid dienone is 1. The molecule has 3 aliphatic rings. The van der Waals surface area contributed by atoms with Gasteiger partial charge in [-0.3, -0.25) is 4.79 Å². The second kappa shape index (κ2) is 8.34. The summed E-state index contributed by atoms with van der Waals surface area (Å²) in [5.74, 6) is 1.55. The zero-order valence-corrected chi connectivity index (χ0v) is 14.7. The van der Waals surface area contributed by atoms with Crippen LogP contribution in [0.5, 0.6) is 0 Å². The lowest BCUT2D eigenvalue weighted by molar-refractivity contribution is -0.174. The first-order valence-corrected chi connectivity index (χ1v) is 9.64. The summed E-state index contributed by atoms with van der Waals surface area (Å²) in [4.78, 5) is 12.6. The zero-order chi connectivity index (χ0) is 16.9. The van der Waals surface area contributed by atoms with E-state index in [9.17, 15) is 9.90 Å². The summed E-state index contributed by atoms with van der Waals surface area (Å²) in [6.07, 6.45) is 10.2. The molecule has 5 nitrogen and oxygen atoms in total. The van der Waals surface area contributed by atoms with Crippen LogP contribution in [0.1, 0.15) is 58.3 Å². The number of hydrogen-bond donors (Lipinski definition) is 2. The molecule has 2 aliphatic carbocycles. The van der Waals surface area contributed by atoms with Gasteiger partial charge in [-0.05, 0) is 63.4 Å². The van der Waals surface area contributed by atoms with Gasteiger partial charge < -0.3 is 19.9 Å². The molecule has 0 spiro atoms. The van der Waals surface area contributed by atoms with Gasteiger partial charge in [0.25, 0.3) is 5.91 Å². The predicted octanol–water partition coefficient (Wildman–Crippen LogP) is 2.74. The molecule has 0 aromatic heterocycles. The highest BCUT2D eigenvalue weighted by Gasteiger charge is 2.44. The molecule has 24 heavy (non-hydrogen) atoms. The molecule has 3 rings (SSSR count). The molecule has 2 N–H and O–H groups in total. The van der Waals surface area contributed by atoms with Crippen LogP contribution in [0.25, 0.3) is 0 Å². The van der Waals surface area contributed by atoms with Crippen molar-refractivity contribution in [2.75, 3.05) is 13.2 Å². The summed E-state index contributed by atoms with van der Waals surface area (Å²) >= 11 is 0. The summed E-state index contributed by atoms with van der Waals surface area (Å²) < 4.78 is 11.8. The van der Waals surface area contributed by atoms with Crippen molar-refractivity contribution < 1.29 is 19.4 Å². The molecule has 0 radical (unpaired) electrons. The third-order valence-corrected chi connectivity index (χ3v) is 5.54. The van der Waals surface area contributed by atoms with Crippen molar-refractivity contribution in [1.29, 1.82) is 0 Å². The zero-order valence-electron chi connectivity index (χ0n) is 14.7. The molecule has 3 atom stereocenters. The Labute approximate surface area is 144 Å². The van der Waals surface area contributed by atoms with Crippen LogP contribution in [0.2, 0.25) is 0 Å². The third kappa shape index (κ3) is 4.31. The SMILES string of the molecule is CCO[C@H]1OC(C(=O)NC2CCCC2)=C[C@@H](C2CC2)[C@H]1CCCO. The fraction of sp³-hybridized carbons (Fsp3) is 0.842. The van der Waals surface area contributed by atoms with Crippen LogP contribution in [-0.2, 0) is 14.3 Å². The molecule has 2 saturated carbocycles. The highest BCUT2D eigenvalue weighted by molar-refractivity contribution is 5.91. The van der Waals surface area contributed by atoms with Gasteiger partial charge in [-0.2, -0.15) is 0 Å². The number of hydrogen-bond acceptors (Lipinski definition) is 4. The van der Waals surface area contributed by atoms with Crippen molar-refractivity contribution in [3.8, 4) is 0 Å². The van der Waals surface area contributed by atoms with E-state index in [0.29, 0.717) is 30.2 Å². The largest absolute Gasteiger partial charge is 0.459 e. The topological polar surface area (TPSA) is 67.8 Å². The minimum atomic E-state index is -0.374. The summed E-state index contributed by atoms with van der Waals surface area (Å²) in [6, 6.07) is 0.291. The van der Waals surface area contributed by atoms with Crippen LogP contribution in [0.15, 0.2) is 11.8 Å². The van der Waals surface area contributed by atoms with E-state index in [0.717, 1.165) is 25.7 Å². The summed E-state index contributed by atoms with van der Waals surface area (Å²) in [7, 11) is 0. The van der Waals surface area contributed by atoms with Gasteiger partial charge >= 0.3 is 0 Å². The number of amides is 1. The van der Waals surface area contributed by atoms with Gasteiger partial charge in [-0.15, -0.1) is 0 Å². The molecular weight excluding hydrogens is 306 g/mol. The van der Waals surface area contributed by atoms with Crippen molar-refractivity contribution in [2.24, 2.45) is 17.8 Å². The van der Waals surface area contributed by atoms with E-state index in [-0.39, 0.29) is 24.7 Å². The first-order valence-electron chi connectivity index (χ1n) is 9.64. The van der Waals surface area contributed by atoms with Crippen LogP contribution < -0.4 is 5.32 Å². The van der Waals surface area contributed by atoms with Crippen LogP contribution in [0.4, 0.5) is 0 Å². The van der Waals surface area contributed by atoms with Crippen LogP contribution in [-0.4, -0.2) is 36.6 Å². The van der Waals surface area contributed by atoms with Crippen molar-refractivity contribution in [2.45, 2.75) is 70.6 Å². The van der Waals surface area contributed by atoms with E-state index in [2.05, 4.69) is 5.32 Å². The van der Waals surface area contributed by atoms with Gasteiger partial charge in [0.2, 0.25) is 6.29 Å². The van der Waals surface area contributed by atoms with Crippen molar-refractivity contribution in [3.05, 3.63) is 11.8 Å². The molecule has 1 aliphatic heterocycles. The smallest absolute Gasteiger partial charge is 0.286 e. The summed E-state index contributed by atoms with van der Waals surface area (Å²) in [5, 5.41) is 12.3. The normalized spacial score (nSPS) is 30.8. The number of rotatable bonds is 8. The number of aliphatic hydroxyl groups is 1. The molecule has 2 fully saturated rings. The van der Waals surface area contributed by atoms with Gasteiger partial charge in [0, 0.05) is 25.2 Å². The van der Waals surface area contributed by atoms with E-state index in [1.54, 1.807) is 0 Å². The van der Waals surface area contributed by atoms with E-state index in [1.807, 2.05) is 13.0 Å². The van der Waals surface area contributed by atoms with E-state index in [4.69, 9.17) is 9.47 Å². The van der Waals surface area contributed by atoms with Crippen LogP contribution >= 0.6 is 0 Å². The third-order valence-electron chi connectivity index (χ3n) is 5.54. The maximum absolute atomic E-state index is 12.6. The average Bonchev–Trinajstić information content (AvgIpc) is 3.30. The van der Waals surface area contributed by atoms with Crippen LogP contribution in [0.3, 0.4) is 0 Å². The Morgan fingerprint density at radius 2 is 2.08 bits per heavy atom. The Bertz CT molecular complexity index is 454. The Kier molecular flexibility index (Phi) is 6.17. The summed E-state index contributed by atoms with van der Waals surface area (Å²) in [5.41, 5.74) is 0. The van der Waals surface area contributed by atoms with E-state index in [1.165, 1.54) is 25.7 Å². The predicted molar refractivity (Wildman–Crippen MR) is 91.0 cm³/mol.